The predicted molar refractivity (Wildman–Crippen MR) is 64.5 cm³/mol. The zero-order valence-corrected chi connectivity index (χ0v) is 9.36. The van der Waals surface area contributed by atoms with E-state index in [1.165, 1.54) is 6.92 Å². The van der Waals surface area contributed by atoms with Crippen molar-refractivity contribution in [3.8, 4) is 5.75 Å². The second-order valence-corrected chi connectivity index (χ2v) is 3.69. The number of nitrogens with two attached hydrogens (primary N) is 1. The van der Waals surface area contributed by atoms with E-state index < -0.39 is 0 Å². The largest absolute Gasteiger partial charge is 0.497 e. The summed E-state index contributed by atoms with van der Waals surface area (Å²) in [6.07, 6.45) is 3.89. The number of hydrogen-bond donors (Lipinski definition) is 1. The smallest absolute Gasteiger partial charge is 0.224 e. The summed E-state index contributed by atoms with van der Waals surface area (Å²) in [7, 11) is 1.59. The Morgan fingerprint density at radius 3 is 2.88 bits per heavy atom. The van der Waals surface area contributed by atoms with E-state index in [9.17, 15) is 4.79 Å². The first-order chi connectivity index (χ1) is 7.63. The Bertz CT molecular complexity index is 466. The molecule has 1 aromatic rings. The minimum Gasteiger partial charge on any atom is -0.497 e. The maximum atomic E-state index is 11.5. The van der Waals surface area contributed by atoms with Crippen LogP contribution in [0.1, 0.15) is 12.5 Å². The average molecular weight is 218 g/mol. The Hall–Kier alpha value is -1.97. The maximum absolute atomic E-state index is 11.5. The van der Waals surface area contributed by atoms with Crippen LogP contribution < -0.4 is 15.4 Å². The summed E-state index contributed by atoms with van der Waals surface area (Å²) in [4.78, 5) is 13.1. The molecular formula is C12H14N2O2. The highest BCUT2D eigenvalue weighted by atomic mass is 16.5. The molecule has 16 heavy (non-hydrogen) atoms. The minimum atomic E-state index is -0.0116. The third-order valence-corrected chi connectivity index (χ3v) is 2.61. The number of amides is 1. The van der Waals surface area contributed by atoms with E-state index >= 15 is 0 Å². The molecule has 4 nitrogen and oxygen atoms in total. The van der Waals surface area contributed by atoms with Crippen LogP contribution in [0.15, 0.2) is 18.2 Å². The first-order valence-electron chi connectivity index (χ1n) is 5.05. The lowest BCUT2D eigenvalue weighted by atomic mass is 10.1. The van der Waals surface area contributed by atoms with Crippen LogP contribution in [0.4, 0.5) is 11.4 Å². The van der Waals surface area contributed by atoms with Crippen molar-refractivity contribution in [3.63, 3.8) is 0 Å². The lowest BCUT2D eigenvalue weighted by molar-refractivity contribution is -0.116. The van der Waals surface area contributed by atoms with E-state index in [0.29, 0.717) is 18.0 Å². The number of benzene rings is 1. The Balaban J connectivity index is 2.58. The number of rotatable bonds is 1. The summed E-state index contributed by atoms with van der Waals surface area (Å²) in [6, 6.07) is 3.60. The molecule has 2 N–H and O–H groups in total. The molecule has 0 fully saturated rings. The van der Waals surface area contributed by atoms with Gasteiger partial charge in [0.15, 0.2) is 0 Å². The van der Waals surface area contributed by atoms with Crippen LogP contribution in [-0.4, -0.2) is 19.6 Å². The number of nitrogen functional groups attached to an aromatic ring is 1. The molecule has 0 bridgehead atoms. The van der Waals surface area contributed by atoms with Crippen LogP contribution in [-0.2, 0) is 4.79 Å². The van der Waals surface area contributed by atoms with Crippen LogP contribution in [0, 0.1) is 0 Å². The van der Waals surface area contributed by atoms with Gasteiger partial charge >= 0.3 is 0 Å². The van der Waals surface area contributed by atoms with Crippen molar-refractivity contribution in [2.45, 2.75) is 6.92 Å². The predicted octanol–water partition coefficient (Wildman–Crippen LogP) is 1.66. The van der Waals surface area contributed by atoms with E-state index in [0.717, 1.165) is 11.3 Å². The number of hydrogen-bond acceptors (Lipinski definition) is 3. The van der Waals surface area contributed by atoms with Gasteiger partial charge in [0.1, 0.15) is 5.75 Å². The molecule has 4 heteroatoms. The number of nitrogens with zero attached hydrogens (tertiary/aromatic N) is 1. The number of fused-ring (bicyclic) bond motifs is 1. The zero-order valence-electron chi connectivity index (χ0n) is 9.36. The van der Waals surface area contributed by atoms with Gasteiger partial charge in [-0.05, 0) is 6.07 Å². The standard InChI is InChI=1S/C12H14N2O2/c1-8(15)14-5-3-4-9-6-10(16-2)7-11(13)12(9)14/h3-4,6-7H,5,13H2,1-2H3. The second-order valence-electron chi connectivity index (χ2n) is 3.69. The third kappa shape index (κ3) is 1.62. The Morgan fingerprint density at radius 1 is 1.50 bits per heavy atom. The van der Waals surface area contributed by atoms with Gasteiger partial charge in [-0.25, -0.2) is 0 Å². The topological polar surface area (TPSA) is 55.6 Å². The molecule has 1 heterocycles. The van der Waals surface area contributed by atoms with Crippen LogP contribution in [0.25, 0.3) is 6.08 Å². The van der Waals surface area contributed by atoms with Crippen molar-refractivity contribution in [3.05, 3.63) is 23.8 Å². The van der Waals surface area contributed by atoms with E-state index in [1.807, 2.05) is 18.2 Å². The highest BCUT2D eigenvalue weighted by Crippen LogP contribution is 2.35. The molecule has 0 atom stereocenters. The monoisotopic (exact) mass is 218 g/mol. The lowest BCUT2D eigenvalue weighted by Crippen LogP contribution is -2.31. The molecular weight excluding hydrogens is 204 g/mol. The summed E-state index contributed by atoms with van der Waals surface area (Å²) < 4.78 is 5.14. The van der Waals surface area contributed by atoms with Crippen LogP contribution in [0.2, 0.25) is 0 Å². The van der Waals surface area contributed by atoms with E-state index in [1.54, 1.807) is 18.1 Å². The minimum absolute atomic E-state index is 0.0116. The number of methoxy groups -OCH3 is 1. The molecule has 0 aliphatic carbocycles. The molecule has 0 radical (unpaired) electrons. The Kier molecular flexibility index (Phi) is 2.56. The van der Waals surface area contributed by atoms with Gasteiger partial charge in [0.05, 0.1) is 18.5 Å². The van der Waals surface area contributed by atoms with Crippen molar-refractivity contribution in [1.82, 2.24) is 0 Å². The molecule has 1 aliphatic rings. The summed E-state index contributed by atoms with van der Waals surface area (Å²) >= 11 is 0. The maximum Gasteiger partial charge on any atom is 0.224 e. The molecule has 0 saturated carbocycles. The molecule has 0 spiro atoms. The Labute approximate surface area is 94.3 Å². The van der Waals surface area contributed by atoms with Gasteiger partial charge in [0.25, 0.3) is 0 Å². The van der Waals surface area contributed by atoms with Crippen molar-refractivity contribution < 1.29 is 9.53 Å². The zero-order chi connectivity index (χ0) is 11.7. The van der Waals surface area contributed by atoms with E-state index in [-0.39, 0.29) is 5.91 Å². The van der Waals surface area contributed by atoms with Crippen molar-refractivity contribution >= 4 is 23.4 Å². The number of ether oxygens (including phenoxy) is 1. The van der Waals surface area contributed by atoms with Gasteiger partial charge in [-0.15, -0.1) is 0 Å². The number of carbonyl (C=O) groups excluding carboxylic acids is 1. The first kappa shape index (κ1) is 10.5. The molecule has 0 aromatic heterocycles. The highest BCUT2D eigenvalue weighted by Gasteiger charge is 2.20. The molecule has 1 aliphatic heterocycles. The van der Waals surface area contributed by atoms with Gasteiger partial charge < -0.3 is 15.4 Å². The van der Waals surface area contributed by atoms with Crippen LogP contribution in [0.5, 0.6) is 5.75 Å². The summed E-state index contributed by atoms with van der Waals surface area (Å²) in [5, 5.41) is 0. The van der Waals surface area contributed by atoms with Gasteiger partial charge in [-0.3, -0.25) is 4.79 Å². The number of anilines is 2. The molecule has 1 amide bonds. The third-order valence-electron chi connectivity index (χ3n) is 2.61. The van der Waals surface area contributed by atoms with Crippen LogP contribution in [0.3, 0.4) is 0 Å². The van der Waals surface area contributed by atoms with E-state index in [2.05, 4.69) is 0 Å². The second kappa shape index (κ2) is 3.89. The van der Waals surface area contributed by atoms with Crippen molar-refractivity contribution in [1.29, 1.82) is 0 Å². The highest BCUT2D eigenvalue weighted by molar-refractivity contribution is 5.99. The van der Waals surface area contributed by atoms with Gasteiger partial charge in [0, 0.05) is 25.1 Å². The average Bonchev–Trinajstić information content (AvgIpc) is 2.27. The van der Waals surface area contributed by atoms with Gasteiger partial charge in [0.2, 0.25) is 5.91 Å². The molecule has 84 valence electrons. The quantitative estimate of drug-likeness (QED) is 0.729. The molecule has 0 saturated heterocycles. The summed E-state index contributed by atoms with van der Waals surface area (Å²) in [6.45, 7) is 2.10. The number of carbonyl (C=O) groups is 1. The molecule has 1 aromatic carbocycles. The van der Waals surface area contributed by atoms with Gasteiger partial charge in [-0.2, -0.15) is 0 Å². The molecule has 2 rings (SSSR count). The SMILES string of the molecule is COc1cc(N)c2c(c1)C=CCN2C(C)=O. The van der Waals surface area contributed by atoms with Gasteiger partial charge in [-0.1, -0.05) is 12.2 Å². The fourth-order valence-corrected chi connectivity index (χ4v) is 1.87. The summed E-state index contributed by atoms with van der Waals surface area (Å²) in [5.74, 6) is 0.689. The first-order valence-corrected chi connectivity index (χ1v) is 5.05. The normalized spacial score (nSPS) is 13.5. The Morgan fingerprint density at radius 2 is 2.25 bits per heavy atom. The van der Waals surface area contributed by atoms with E-state index in [4.69, 9.17) is 10.5 Å². The fraction of sp³-hybridized carbons (Fsp3) is 0.250. The lowest BCUT2D eigenvalue weighted by Gasteiger charge is -2.26. The summed E-state index contributed by atoms with van der Waals surface area (Å²) in [5.41, 5.74) is 8.19. The molecule has 0 unspecified atom stereocenters. The van der Waals surface area contributed by atoms with Crippen LogP contribution >= 0.6 is 0 Å². The fourth-order valence-electron chi connectivity index (χ4n) is 1.87. The van der Waals surface area contributed by atoms with Crippen molar-refractivity contribution in [2.24, 2.45) is 0 Å². The van der Waals surface area contributed by atoms with Crippen molar-refractivity contribution in [2.75, 3.05) is 24.3 Å².